The fraction of sp³-hybridized carbons (Fsp3) is 0. The number of hydrogen-bond donors (Lipinski definition) is 3. The highest BCUT2D eigenvalue weighted by Crippen LogP contribution is 2.14. The largest absolute Gasteiger partial charge is 0.399 e. The van der Waals surface area contributed by atoms with Gasteiger partial charge in [-0.2, -0.15) is 5.26 Å². The molecule has 2 aromatic rings. The molecule has 0 aliphatic carbocycles. The summed E-state index contributed by atoms with van der Waals surface area (Å²) in [5.41, 5.74) is 7.40. The molecule has 0 bridgehead atoms. The fourth-order valence-electron chi connectivity index (χ4n) is 1.62. The van der Waals surface area contributed by atoms with Crippen molar-refractivity contribution in [1.82, 2.24) is 0 Å². The average molecular weight is 313 g/mol. The molecule has 0 spiro atoms. The third-order valence-electron chi connectivity index (χ3n) is 2.76. The minimum atomic E-state index is -0.506. The number of nitrogens with two attached hydrogens (primary N) is 1. The van der Waals surface area contributed by atoms with Crippen molar-refractivity contribution in [1.29, 1.82) is 5.26 Å². The number of halogens is 1. The van der Waals surface area contributed by atoms with Crippen LogP contribution < -0.4 is 16.4 Å². The molecule has 0 aliphatic heterocycles. The van der Waals surface area contributed by atoms with E-state index in [0.29, 0.717) is 16.4 Å². The molecule has 0 atom stereocenters. The second kappa shape index (κ2) is 7.16. The molecule has 0 radical (unpaired) electrons. The van der Waals surface area contributed by atoms with E-state index >= 15 is 0 Å². The van der Waals surface area contributed by atoms with Crippen LogP contribution in [0, 0.1) is 11.3 Å². The van der Waals surface area contributed by atoms with Crippen molar-refractivity contribution in [3.8, 4) is 6.07 Å². The zero-order valence-electron chi connectivity index (χ0n) is 11.5. The van der Waals surface area contributed by atoms with E-state index in [2.05, 4.69) is 10.6 Å². The number of amides is 1. The van der Waals surface area contributed by atoms with E-state index in [1.807, 2.05) is 6.07 Å². The van der Waals surface area contributed by atoms with Gasteiger partial charge in [-0.25, -0.2) is 0 Å². The second-order valence-electron chi connectivity index (χ2n) is 4.40. The number of anilines is 3. The van der Waals surface area contributed by atoms with Gasteiger partial charge < -0.3 is 16.4 Å². The van der Waals surface area contributed by atoms with Gasteiger partial charge in [-0.05, 0) is 48.5 Å². The molecule has 4 N–H and O–H groups in total. The van der Waals surface area contributed by atoms with Gasteiger partial charge in [0.25, 0.3) is 5.91 Å². The molecule has 5 nitrogen and oxygen atoms in total. The first-order chi connectivity index (χ1) is 10.6. The molecule has 0 saturated heterocycles. The number of hydrogen-bond acceptors (Lipinski definition) is 4. The Morgan fingerprint density at radius 1 is 1.09 bits per heavy atom. The van der Waals surface area contributed by atoms with Gasteiger partial charge in [0, 0.05) is 28.3 Å². The van der Waals surface area contributed by atoms with Crippen LogP contribution in [-0.4, -0.2) is 5.91 Å². The summed E-state index contributed by atoms with van der Waals surface area (Å²) >= 11 is 5.78. The maximum absolute atomic E-state index is 12.0. The Hall–Kier alpha value is -2.97. The SMILES string of the molecule is N#C/C(=C/Nc1ccc(Cl)cc1)C(=O)Nc1ccc(N)cc1. The molecule has 0 unspecified atom stereocenters. The smallest absolute Gasteiger partial charge is 0.267 e. The molecular weight excluding hydrogens is 300 g/mol. The van der Waals surface area contributed by atoms with Crippen molar-refractivity contribution >= 4 is 34.6 Å². The molecule has 1 amide bonds. The number of carbonyl (C=O) groups excluding carboxylic acids is 1. The molecule has 2 aromatic carbocycles. The first kappa shape index (κ1) is 15.4. The third kappa shape index (κ3) is 4.27. The molecule has 0 fully saturated rings. The molecule has 22 heavy (non-hydrogen) atoms. The number of nitrogen functional groups attached to an aromatic ring is 1. The summed E-state index contributed by atoms with van der Waals surface area (Å²) in [5, 5.41) is 15.2. The number of benzene rings is 2. The first-order valence-corrected chi connectivity index (χ1v) is 6.75. The number of carbonyl (C=O) groups is 1. The fourth-order valence-corrected chi connectivity index (χ4v) is 1.74. The molecule has 0 aromatic heterocycles. The summed E-state index contributed by atoms with van der Waals surface area (Å²) in [6.07, 6.45) is 1.34. The van der Waals surface area contributed by atoms with Gasteiger partial charge in [-0.1, -0.05) is 11.6 Å². The Morgan fingerprint density at radius 2 is 1.68 bits per heavy atom. The number of nitriles is 1. The molecule has 110 valence electrons. The summed E-state index contributed by atoms with van der Waals surface area (Å²) in [5.74, 6) is -0.506. The lowest BCUT2D eigenvalue weighted by molar-refractivity contribution is -0.112. The van der Waals surface area contributed by atoms with Gasteiger partial charge in [0.15, 0.2) is 0 Å². The van der Waals surface area contributed by atoms with E-state index < -0.39 is 5.91 Å². The van der Waals surface area contributed by atoms with Crippen LogP contribution in [0.15, 0.2) is 60.3 Å². The zero-order chi connectivity index (χ0) is 15.9. The molecule has 0 saturated carbocycles. The van der Waals surface area contributed by atoms with Gasteiger partial charge in [0.1, 0.15) is 11.6 Å². The monoisotopic (exact) mass is 312 g/mol. The Morgan fingerprint density at radius 3 is 2.27 bits per heavy atom. The van der Waals surface area contributed by atoms with Gasteiger partial charge in [0.05, 0.1) is 0 Å². The Kier molecular flexibility index (Phi) is 5.02. The van der Waals surface area contributed by atoms with Crippen molar-refractivity contribution < 1.29 is 4.79 Å². The van der Waals surface area contributed by atoms with Crippen molar-refractivity contribution in [3.63, 3.8) is 0 Å². The van der Waals surface area contributed by atoms with E-state index in [4.69, 9.17) is 22.6 Å². The Labute approximate surface area is 133 Å². The highest BCUT2D eigenvalue weighted by Gasteiger charge is 2.09. The van der Waals surface area contributed by atoms with E-state index in [9.17, 15) is 4.79 Å². The number of rotatable bonds is 4. The predicted molar refractivity (Wildman–Crippen MR) is 88.3 cm³/mol. The third-order valence-corrected chi connectivity index (χ3v) is 3.01. The minimum Gasteiger partial charge on any atom is -0.399 e. The summed E-state index contributed by atoms with van der Waals surface area (Å²) in [4.78, 5) is 12.0. The van der Waals surface area contributed by atoms with Crippen LogP contribution in [0.5, 0.6) is 0 Å². The van der Waals surface area contributed by atoms with Crippen LogP contribution in [0.25, 0.3) is 0 Å². The van der Waals surface area contributed by atoms with Crippen molar-refractivity contribution in [2.24, 2.45) is 0 Å². The Bertz CT molecular complexity index is 730. The maximum Gasteiger partial charge on any atom is 0.267 e. The number of nitrogens with zero attached hydrogens (tertiary/aromatic N) is 1. The van der Waals surface area contributed by atoms with Crippen molar-refractivity contribution in [3.05, 3.63) is 65.3 Å². The zero-order valence-corrected chi connectivity index (χ0v) is 12.3. The van der Waals surface area contributed by atoms with Crippen LogP contribution in [0.1, 0.15) is 0 Å². The average Bonchev–Trinajstić information content (AvgIpc) is 2.52. The van der Waals surface area contributed by atoms with Gasteiger partial charge >= 0.3 is 0 Å². The van der Waals surface area contributed by atoms with Crippen LogP contribution in [0.3, 0.4) is 0 Å². The lowest BCUT2D eigenvalue weighted by atomic mass is 10.2. The molecule has 0 heterocycles. The Balaban J connectivity index is 2.05. The van der Waals surface area contributed by atoms with Crippen LogP contribution in [0.2, 0.25) is 5.02 Å². The second-order valence-corrected chi connectivity index (χ2v) is 4.83. The highest BCUT2D eigenvalue weighted by atomic mass is 35.5. The van der Waals surface area contributed by atoms with Crippen LogP contribution in [-0.2, 0) is 4.79 Å². The van der Waals surface area contributed by atoms with Gasteiger partial charge in [-0.15, -0.1) is 0 Å². The maximum atomic E-state index is 12.0. The molecule has 2 rings (SSSR count). The summed E-state index contributed by atoms with van der Waals surface area (Å²) in [7, 11) is 0. The van der Waals surface area contributed by atoms with Crippen molar-refractivity contribution in [2.45, 2.75) is 0 Å². The van der Waals surface area contributed by atoms with Crippen LogP contribution in [0.4, 0.5) is 17.1 Å². The van der Waals surface area contributed by atoms with Gasteiger partial charge in [-0.3, -0.25) is 4.79 Å². The lowest BCUT2D eigenvalue weighted by Gasteiger charge is -2.05. The number of nitrogens with one attached hydrogen (secondary N) is 2. The topological polar surface area (TPSA) is 90.9 Å². The van der Waals surface area contributed by atoms with E-state index in [-0.39, 0.29) is 5.57 Å². The van der Waals surface area contributed by atoms with Crippen molar-refractivity contribution in [2.75, 3.05) is 16.4 Å². The summed E-state index contributed by atoms with van der Waals surface area (Å²) < 4.78 is 0. The standard InChI is InChI=1S/C16H13ClN4O/c17-12-1-5-14(6-2-12)20-10-11(9-18)16(22)21-15-7-3-13(19)4-8-15/h1-8,10,20H,19H2,(H,21,22)/b11-10-. The normalized spacial score (nSPS) is 10.6. The van der Waals surface area contributed by atoms with Crippen LogP contribution >= 0.6 is 11.6 Å². The highest BCUT2D eigenvalue weighted by molar-refractivity contribution is 6.30. The lowest BCUT2D eigenvalue weighted by Crippen LogP contribution is -2.14. The molecule has 0 aliphatic rings. The molecule has 6 heteroatoms. The van der Waals surface area contributed by atoms with E-state index in [0.717, 1.165) is 5.69 Å². The van der Waals surface area contributed by atoms with E-state index in [1.54, 1.807) is 48.5 Å². The molecular formula is C16H13ClN4O. The first-order valence-electron chi connectivity index (χ1n) is 6.38. The summed E-state index contributed by atoms with van der Waals surface area (Å²) in [6.45, 7) is 0. The quantitative estimate of drug-likeness (QED) is 0.458. The predicted octanol–water partition coefficient (Wildman–Crippen LogP) is 3.38. The summed E-state index contributed by atoms with van der Waals surface area (Å²) in [6, 6.07) is 15.4. The minimum absolute atomic E-state index is 0.0493. The van der Waals surface area contributed by atoms with Gasteiger partial charge in [0.2, 0.25) is 0 Å². The van der Waals surface area contributed by atoms with E-state index in [1.165, 1.54) is 6.20 Å².